The van der Waals surface area contributed by atoms with E-state index in [-0.39, 0.29) is 18.8 Å². The maximum Gasteiger partial charge on any atom is 0.416 e. The minimum Gasteiger partial charge on any atom is -0.383 e. The Kier molecular flexibility index (Phi) is 9.38. The summed E-state index contributed by atoms with van der Waals surface area (Å²) >= 11 is 0. The second kappa shape index (κ2) is 12.8. The lowest BCUT2D eigenvalue weighted by Crippen LogP contribution is -2.34. The van der Waals surface area contributed by atoms with Crippen molar-refractivity contribution in [3.63, 3.8) is 0 Å². The standard InChI is InChI=1S/C31H29F3N4O3.ClH/c1-19-14-15-38(18-19)28-13-10-21(17-35-28)23(20-8-11-22(12-9-20)31(32,33)34)4-2-7-29(40)36-25-5-3-6-26-24(25)16-27(39)30(41)37-26;/h2-13,17,19,27,39H,14-16,18H2,1H3,(H,36,40)(H,37,41);1H. The van der Waals surface area contributed by atoms with Crippen molar-refractivity contribution in [3.8, 4) is 0 Å². The van der Waals surface area contributed by atoms with Crippen LogP contribution in [0.25, 0.3) is 5.57 Å². The summed E-state index contributed by atoms with van der Waals surface area (Å²) in [6.45, 7) is 4.03. The molecule has 11 heteroatoms. The minimum absolute atomic E-state index is 0. The van der Waals surface area contributed by atoms with Crippen LogP contribution in [-0.2, 0) is 22.2 Å². The fourth-order valence-electron chi connectivity index (χ4n) is 5.02. The van der Waals surface area contributed by atoms with Gasteiger partial charge in [0.05, 0.1) is 5.56 Å². The third-order valence-corrected chi connectivity index (χ3v) is 7.23. The van der Waals surface area contributed by atoms with E-state index in [2.05, 4.69) is 27.4 Å². The quantitative estimate of drug-likeness (QED) is 0.244. The van der Waals surface area contributed by atoms with Gasteiger partial charge in [-0.25, -0.2) is 4.98 Å². The van der Waals surface area contributed by atoms with Crippen molar-refractivity contribution < 1.29 is 27.9 Å². The summed E-state index contributed by atoms with van der Waals surface area (Å²) < 4.78 is 39.5. The predicted octanol–water partition coefficient (Wildman–Crippen LogP) is 5.85. The van der Waals surface area contributed by atoms with Crippen LogP contribution < -0.4 is 15.5 Å². The highest BCUT2D eigenvalue weighted by Crippen LogP contribution is 2.32. The van der Waals surface area contributed by atoms with Crippen LogP contribution in [-0.4, -0.2) is 41.1 Å². The number of hydrogen-bond donors (Lipinski definition) is 3. The van der Waals surface area contributed by atoms with Gasteiger partial charge in [0.25, 0.3) is 5.91 Å². The molecular formula is C31H30ClF3N4O3. The van der Waals surface area contributed by atoms with Crippen LogP contribution in [0.3, 0.4) is 0 Å². The summed E-state index contributed by atoms with van der Waals surface area (Å²) in [5.74, 6) is 0.469. The Morgan fingerprint density at radius 3 is 2.50 bits per heavy atom. The third-order valence-electron chi connectivity index (χ3n) is 7.23. The molecule has 2 aliphatic rings. The summed E-state index contributed by atoms with van der Waals surface area (Å²) in [6.07, 6.45) is 1.66. The van der Waals surface area contributed by atoms with Gasteiger partial charge in [0.2, 0.25) is 5.91 Å². The molecule has 0 spiro atoms. The Balaban J connectivity index is 0.00000405. The average molecular weight is 599 g/mol. The first kappa shape index (κ1) is 30.8. The molecule has 2 atom stereocenters. The molecule has 2 aromatic carbocycles. The van der Waals surface area contributed by atoms with E-state index in [1.807, 2.05) is 12.1 Å². The van der Waals surface area contributed by atoms with Crippen molar-refractivity contribution >= 4 is 47.0 Å². The number of nitrogens with one attached hydrogen (secondary N) is 2. The number of hydrogen-bond acceptors (Lipinski definition) is 5. The van der Waals surface area contributed by atoms with Crippen LogP contribution in [0, 0.1) is 5.92 Å². The molecule has 0 radical (unpaired) electrons. The number of alkyl halides is 3. The van der Waals surface area contributed by atoms with Crippen LogP contribution >= 0.6 is 12.4 Å². The van der Waals surface area contributed by atoms with Gasteiger partial charge in [-0.3, -0.25) is 9.59 Å². The zero-order valence-electron chi connectivity index (χ0n) is 22.7. The molecule has 1 aromatic heterocycles. The molecule has 3 aromatic rings. The van der Waals surface area contributed by atoms with Gasteiger partial charge >= 0.3 is 6.18 Å². The van der Waals surface area contributed by atoms with Gasteiger partial charge in [-0.2, -0.15) is 13.2 Å². The van der Waals surface area contributed by atoms with Crippen LogP contribution in [0.2, 0.25) is 0 Å². The number of carbonyl (C=O) groups is 2. The second-order valence-electron chi connectivity index (χ2n) is 10.3. The van der Waals surface area contributed by atoms with Crippen LogP contribution in [0.15, 0.2) is 79.0 Å². The van der Waals surface area contributed by atoms with Crippen LogP contribution in [0.5, 0.6) is 0 Å². The monoisotopic (exact) mass is 598 g/mol. The van der Waals surface area contributed by atoms with E-state index in [0.717, 1.165) is 37.5 Å². The molecule has 2 unspecified atom stereocenters. The van der Waals surface area contributed by atoms with Gasteiger partial charge in [0.1, 0.15) is 11.9 Å². The number of carbonyl (C=O) groups excluding carboxylic acids is 2. The summed E-state index contributed by atoms with van der Waals surface area (Å²) in [4.78, 5) is 31.3. The molecule has 3 heterocycles. The van der Waals surface area contributed by atoms with Gasteiger partial charge in [0.15, 0.2) is 0 Å². The number of halogens is 4. The fraction of sp³-hybridized carbons (Fsp3) is 0.258. The fourth-order valence-corrected chi connectivity index (χ4v) is 5.02. The van der Waals surface area contributed by atoms with Crippen molar-refractivity contribution in [3.05, 3.63) is 101 Å². The van der Waals surface area contributed by atoms with E-state index in [1.54, 1.807) is 30.5 Å². The summed E-state index contributed by atoms with van der Waals surface area (Å²) in [7, 11) is 0. The highest BCUT2D eigenvalue weighted by molar-refractivity contribution is 6.03. The molecule has 42 heavy (non-hydrogen) atoms. The first-order chi connectivity index (χ1) is 19.6. The Hall–Kier alpha value is -4.15. The number of allylic oxidation sites excluding steroid dienone is 2. The Morgan fingerprint density at radius 1 is 1.12 bits per heavy atom. The molecule has 7 nitrogen and oxygen atoms in total. The number of anilines is 3. The lowest BCUT2D eigenvalue weighted by molar-refractivity contribution is -0.137. The van der Waals surface area contributed by atoms with Gasteiger partial charge in [0, 0.05) is 54.3 Å². The number of aliphatic hydroxyl groups is 1. The molecular weight excluding hydrogens is 569 g/mol. The molecule has 1 fully saturated rings. The van der Waals surface area contributed by atoms with E-state index in [1.165, 1.54) is 24.3 Å². The summed E-state index contributed by atoms with van der Waals surface area (Å²) in [5, 5.41) is 15.3. The van der Waals surface area contributed by atoms with Crippen molar-refractivity contribution in [2.24, 2.45) is 5.92 Å². The first-order valence-electron chi connectivity index (χ1n) is 13.3. The highest BCUT2D eigenvalue weighted by atomic mass is 35.5. The second-order valence-corrected chi connectivity index (χ2v) is 10.3. The Bertz CT molecular complexity index is 1510. The maximum atomic E-state index is 13.2. The normalized spacial score (nSPS) is 18.8. The number of fused-ring (bicyclic) bond motifs is 1. The third kappa shape index (κ3) is 7.00. The first-order valence-corrected chi connectivity index (χ1v) is 13.3. The number of aromatic nitrogens is 1. The maximum absolute atomic E-state index is 13.2. The topological polar surface area (TPSA) is 94.6 Å². The zero-order chi connectivity index (χ0) is 29.1. The van der Waals surface area contributed by atoms with Crippen molar-refractivity contribution in [1.29, 1.82) is 0 Å². The Labute approximate surface area is 247 Å². The van der Waals surface area contributed by atoms with Crippen molar-refractivity contribution in [2.45, 2.75) is 32.0 Å². The molecule has 220 valence electrons. The lowest BCUT2D eigenvalue weighted by Gasteiger charge is -2.23. The summed E-state index contributed by atoms with van der Waals surface area (Å²) in [6, 6.07) is 13.7. The smallest absolute Gasteiger partial charge is 0.383 e. The molecule has 0 bridgehead atoms. The SMILES string of the molecule is CC1CCN(c2ccc(C(=CC=CC(=O)Nc3cccc4c3CC(O)C(=O)N4)c3ccc(C(F)(F)F)cc3)cn2)C1.Cl. The van der Waals surface area contributed by atoms with E-state index < -0.39 is 29.7 Å². The van der Waals surface area contributed by atoms with Gasteiger partial charge in [-0.15, -0.1) is 12.4 Å². The number of rotatable bonds is 6. The number of aliphatic hydroxyl groups excluding tert-OH is 1. The van der Waals surface area contributed by atoms with E-state index in [9.17, 15) is 27.9 Å². The average Bonchev–Trinajstić information content (AvgIpc) is 3.38. The number of amides is 2. The zero-order valence-corrected chi connectivity index (χ0v) is 23.5. The number of benzene rings is 2. The number of pyridine rings is 1. The number of nitrogens with zero attached hydrogens (tertiary/aromatic N) is 2. The van der Waals surface area contributed by atoms with Crippen LogP contribution in [0.1, 0.15) is 35.6 Å². The molecule has 2 aliphatic heterocycles. The van der Waals surface area contributed by atoms with Gasteiger partial charge in [-0.1, -0.05) is 37.3 Å². The lowest BCUT2D eigenvalue weighted by atomic mass is 9.97. The van der Waals surface area contributed by atoms with Crippen LogP contribution in [0.4, 0.5) is 30.4 Å². The largest absolute Gasteiger partial charge is 0.416 e. The molecule has 0 aliphatic carbocycles. The van der Waals surface area contributed by atoms with E-state index in [0.29, 0.717) is 39.6 Å². The van der Waals surface area contributed by atoms with Gasteiger partial charge in [-0.05, 0) is 59.9 Å². The highest BCUT2D eigenvalue weighted by Gasteiger charge is 2.30. The van der Waals surface area contributed by atoms with Crippen molar-refractivity contribution in [2.75, 3.05) is 28.6 Å². The van der Waals surface area contributed by atoms with Crippen molar-refractivity contribution in [1.82, 2.24) is 4.98 Å². The molecule has 2 amide bonds. The Morgan fingerprint density at radius 2 is 1.86 bits per heavy atom. The molecule has 1 saturated heterocycles. The molecule has 3 N–H and O–H groups in total. The van der Waals surface area contributed by atoms with E-state index in [4.69, 9.17) is 0 Å². The summed E-state index contributed by atoms with van der Waals surface area (Å²) in [5.41, 5.74) is 2.66. The molecule has 0 saturated carbocycles. The van der Waals surface area contributed by atoms with E-state index >= 15 is 0 Å². The minimum atomic E-state index is -4.45. The molecule has 5 rings (SSSR count). The van der Waals surface area contributed by atoms with Gasteiger partial charge < -0.3 is 20.6 Å². The predicted molar refractivity (Wildman–Crippen MR) is 159 cm³/mol.